The summed E-state index contributed by atoms with van der Waals surface area (Å²) >= 11 is 5.49. The molecule has 1 saturated carbocycles. The van der Waals surface area contributed by atoms with E-state index in [2.05, 4.69) is 5.09 Å². The van der Waals surface area contributed by atoms with Crippen LogP contribution in [0.1, 0.15) is 19.8 Å². The number of benzene rings is 1. The van der Waals surface area contributed by atoms with E-state index in [1.165, 1.54) is 0 Å². The van der Waals surface area contributed by atoms with E-state index in [0.29, 0.717) is 6.61 Å². The Labute approximate surface area is 118 Å². The molecule has 1 aromatic rings. The van der Waals surface area contributed by atoms with E-state index in [9.17, 15) is 4.79 Å². The van der Waals surface area contributed by atoms with Crippen molar-refractivity contribution in [3.63, 3.8) is 0 Å². The summed E-state index contributed by atoms with van der Waals surface area (Å²) in [5.41, 5.74) is -0.616. The highest BCUT2D eigenvalue weighted by Gasteiger charge is 2.53. The summed E-state index contributed by atoms with van der Waals surface area (Å²) in [4.78, 5) is 11.9. The maximum Gasteiger partial charge on any atom is 0.326 e. The molecule has 19 heavy (non-hydrogen) atoms. The lowest BCUT2D eigenvalue weighted by atomic mass is 10.3. The molecule has 1 fully saturated rings. The van der Waals surface area contributed by atoms with Gasteiger partial charge in [0.25, 0.3) is 0 Å². The van der Waals surface area contributed by atoms with E-state index < -0.39 is 12.0 Å². The second kappa shape index (κ2) is 5.61. The third-order valence-electron chi connectivity index (χ3n) is 2.86. The van der Waals surface area contributed by atoms with Crippen molar-refractivity contribution in [3.8, 4) is 5.75 Å². The minimum atomic E-state index is -2.27. The Bertz CT molecular complexity index is 502. The number of hydrogen-bond donors (Lipinski definition) is 1. The van der Waals surface area contributed by atoms with Crippen LogP contribution in [0.4, 0.5) is 0 Å². The molecule has 0 amide bonds. The highest BCUT2D eigenvalue weighted by Crippen LogP contribution is 2.49. The van der Waals surface area contributed by atoms with E-state index in [4.69, 9.17) is 21.1 Å². The molecule has 104 valence electrons. The molecule has 0 aliphatic heterocycles. The molecule has 0 saturated heterocycles. The van der Waals surface area contributed by atoms with E-state index in [0.717, 1.165) is 18.6 Å². The topological polar surface area (TPSA) is 47.6 Å². The third-order valence-corrected chi connectivity index (χ3v) is 4.75. The molecule has 0 heterocycles. The minimum Gasteiger partial charge on any atom is -0.465 e. The van der Waals surface area contributed by atoms with Crippen LogP contribution in [-0.2, 0) is 21.3 Å². The standard InChI is InChI=1S/C13H18NO3PS/c1-3-16-12(15)13(9-10-13)14-18(2,19)17-11-7-5-4-6-8-11/h4-8H,3,9-10H2,1-2H3,(H,14,19). The first-order valence-corrected chi connectivity index (χ1v) is 9.43. The van der Waals surface area contributed by atoms with Gasteiger partial charge in [0.15, 0.2) is 6.42 Å². The van der Waals surface area contributed by atoms with E-state index in [-0.39, 0.29) is 5.97 Å². The maximum absolute atomic E-state index is 11.9. The highest BCUT2D eigenvalue weighted by atomic mass is 32.4. The number of para-hydroxylation sites is 1. The molecular weight excluding hydrogens is 281 g/mol. The molecule has 0 aromatic heterocycles. The second-order valence-corrected chi connectivity index (χ2v) is 8.85. The van der Waals surface area contributed by atoms with Gasteiger partial charge >= 0.3 is 5.97 Å². The van der Waals surface area contributed by atoms with Crippen molar-refractivity contribution in [3.05, 3.63) is 30.3 Å². The molecule has 1 atom stereocenters. The first-order chi connectivity index (χ1) is 8.97. The fraction of sp³-hybridized carbons (Fsp3) is 0.462. The lowest BCUT2D eigenvalue weighted by Crippen LogP contribution is -2.39. The average Bonchev–Trinajstić information content (AvgIpc) is 3.10. The van der Waals surface area contributed by atoms with Crippen molar-refractivity contribution in [2.45, 2.75) is 25.3 Å². The number of esters is 1. The Hall–Kier alpha value is -0.900. The van der Waals surface area contributed by atoms with Crippen LogP contribution in [0.2, 0.25) is 0 Å². The fourth-order valence-electron chi connectivity index (χ4n) is 1.85. The van der Waals surface area contributed by atoms with Gasteiger partial charge in [-0.25, -0.2) is 5.09 Å². The summed E-state index contributed by atoms with van der Waals surface area (Å²) in [7, 11) is 0. The van der Waals surface area contributed by atoms with Crippen molar-refractivity contribution in [1.29, 1.82) is 0 Å². The van der Waals surface area contributed by atoms with Gasteiger partial charge in [-0.1, -0.05) is 18.2 Å². The van der Waals surface area contributed by atoms with Crippen LogP contribution in [0, 0.1) is 0 Å². The van der Waals surface area contributed by atoms with Gasteiger partial charge in [0.2, 0.25) is 0 Å². The summed E-state index contributed by atoms with van der Waals surface area (Å²) < 4.78 is 10.9. The Morgan fingerprint density at radius 2 is 2.05 bits per heavy atom. The Morgan fingerprint density at radius 1 is 1.42 bits per heavy atom. The van der Waals surface area contributed by atoms with Gasteiger partial charge in [-0.2, -0.15) is 0 Å². The van der Waals surface area contributed by atoms with Crippen molar-refractivity contribution in [2.75, 3.05) is 13.3 Å². The first kappa shape index (κ1) is 14.5. The van der Waals surface area contributed by atoms with Gasteiger partial charge in [-0.05, 0) is 43.7 Å². The number of nitrogens with one attached hydrogen (secondary N) is 1. The summed E-state index contributed by atoms with van der Waals surface area (Å²) in [5.74, 6) is 0.503. The minimum absolute atomic E-state index is 0.220. The first-order valence-electron chi connectivity index (χ1n) is 6.26. The predicted octanol–water partition coefficient (Wildman–Crippen LogP) is 2.69. The van der Waals surface area contributed by atoms with Crippen LogP contribution in [0.15, 0.2) is 30.3 Å². The van der Waals surface area contributed by atoms with Crippen LogP contribution < -0.4 is 9.61 Å². The lowest BCUT2D eigenvalue weighted by molar-refractivity contribution is -0.146. The molecule has 2 rings (SSSR count). The Kier molecular flexibility index (Phi) is 4.29. The Morgan fingerprint density at radius 3 is 2.58 bits per heavy atom. The van der Waals surface area contributed by atoms with Gasteiger partial charge < -0.3 is 9.26 Å². The molecule has 1 N–H and O–H groups in total. The van der Waals surface area contributed by atoms with Crippen LogP contribution >= 0.6 is 6.42 Å². The smallest absolute Gasteiger partial charge is 0.326 e. The Balaban J connectivity index is 2.02. The zero-order chi connectivity index (χ0) is 13.9. The van der Waals surface area contributed by atoms with E-state index >= 15 is 0 Å². The van der Waals surface area contributed by atoms with E-state index in [1.54, 1.807) is 6.92 Å². The maximum atomic E-state index is 11.9. The monoisotopic (exact) mass is 299 g/mol. The van der Waals surface area contributed by atoms with Gasteiger partial charge in [0.1, 0.15) is 11.3 Å². The molecule has 1 aliphatic carbocycles. The predicted molar refractivity (Wildman–Crippen MR) is 79.0 cm³/mol. The second-order valence-electron chi connectivity index (χ2n) is 4.66. The van der Waals surface area contributed by atoms with Crippen LogP contribution in [0.25, 0.3) is 0 Å². The highest BCUT2D eigenvalue weighted by molar-refractivity contribution is 8.11. The molecular formula is C13H18NO3PS. The summed E-state index contributed by atoms with van der Waals surface area (Å²) in [6.07, 6.45) is -0.748. The summed E-state index contributed by atoms with van der Waals surface area (Å²) in [6, 6.07) is 9.42. The van der Waals surface area contributed by atoms with E-state index in [1.807, 2.05) is 37.0 Å². The molecule has 6 heteroatoms. The van der Waals surface area contributed by atoms with Crippen molar-refractivity contribution in [2.24, 2.45) is 0 Å². The number of rotatable bonds is 6. The molecule has 1 aromatic carbocycles. The summed E-state index contributed by atoms with van der Waals surface area (Å²) in [5, 5.41) is 3.21. The SMILES string of the molecule is CCOC(=O)C1(NP(C)(=S)Oc2ccccc2)CC1. The quantitative estimate of drug-likeness (QED) is 0.646. The molecule has 1 unspecified atom stereocenters. The molecule has 0 spiro atoms. The number of hydrogen-bond acceptors (Lipinski definition) is 4. The van der Waals surface area contributed by atoms with Crippen LogP contribution in [0.5, 0.6) is 5.75 Å². The molecule has 0 radical (unpaired) electrons. The molecule has 1 aliphatic rings. The summed E-state index contributed by atoms with van der Waals surface area (Å²) in [6.45, 7) is 4.03. The number of ether oxygens (including phenoxy) is 1. The lowest BCUT2D eigenvalue weighted by Gasteiger charge is -2.25. The van der Waals surface area contributed by atoms with Gasteiger partial charge in [-0.3, -0.25) is 4.79 Å². The van der Waals surface area contributed by atoms with Gasteiger partial charge in [-0.15, -0.1) is 0 Å². The largest absolute Gasteiger partial charge is 0.465 e. The van der Waals surface area contributed by atoms with Gasteiger partial charge in [0.05, 0.1) is 6.61 Å². The number of carbonyl (C=O) groups is 1. The van der Waals surface area contributed by atoms with Gasteiger partial charge in [0, 0.05) is 6.66 Å². The van der Waals surface area contributed by atoms with Crippen molar-refractivity contribution >= 4 is 24.2 Å². The fourth-order valence-corrected chi connectivity index (χ4v) is 4.29. The van der Waals surface area contributed by atoms with Crippen LogP contribution in [0.3, 0.4) is 0 Å². The van der Waals surface area contributed by atoms with Crippen LogP contribution in [-0.4, -0.2) is 24.8 Å². The zero-order valence-corrected chi connectivity index (χ0v) is 12.8. The van der Waals surface area contributed by atoms with Crippen molar-refractivity contribution in [1.82, 2.24) is 5.09 Å². The molecule has 4 nitrogen and oxygen atoms in total. The zero-order valence-electron chi connectivity index (χ0n) is 11.1. The molecule has 0 bridgehead atoms. The number of carbonyl (C=O) groups excluding carboxylic acids is 1. The van der Waals surface area contributed by atoms with Crippen molar-refractivity contribution < 1.29 is 14.1 Å². The third kappa shape index (κ3) is 3.78. The normalized spacial score (nSPS) is 19.3. The average molecular weight is 299 g/mol.